The van der Waals surface area contributed by atoms with Gasteiger partial charge in [-0.1, -0.05) is 6.58 Å². The van der Waals surface area contributed by atoms with Crippen molar-refractivity contribution >= 4 is 5.90 Å². The van der Waals surface area contributed by atoms with E-state index < -0.39 is 6.10 Å². The van der Waals surface area contributed by atoms with Gasteiger partial charge in [0.2, 0.25) is 5.90 Å². The summed E-state index contributed by atoms with van der Waals surface area (Å²) in [5.41, 5.74) is 0. The summed E-state index contributed by atoms with van der Waals surface area (Å²) >= 11 is 0. The number of nitrogens with zero attached hydrogens (tertiary/aromatic N) is 1. The highest BCUT2D eigenvalue weighted by Gasteiger charge is 2.00. The lowest BCUT2D eigenvalue weighted by Gasteiger charge is -2.04. The van der Waals surface area contributed by atoms with Gasteiger partial charge in [0.25, 0.3) is 0 Å². The maximum atomic E-state index is 8.92. The molecule has 2 N–H and O–H groups in total. The molecule has 0 aromatic rings. The van der Waals surface area contributed by atoms with E-state index in [1.54, 1.807) is 0 Å². The number of aliphatic imine (C=N–C) groups is 1. The van der Waals surface area contributed by atoms with Gasteiger partial charge in [-0.2, -0.15) is 0 Å². The second-order valence-corrected chi connectivity index (χ2v) is 2.15. The van der Waals surface area contributed by atoms with Crippen molar-refractivity contribution in [1.82, 2.24) is 0 Å². The van der Waals surface area contributed by atoms with Crippen LogP contribution in [0.4, 0.5) is 0 Å². The monoisotopic (exact) mass is 173 g/mol. The van der Waals surface area contributed by atoms with Gasteiger partial charge in [-0.05, 0) is 13.0 Å². The molecule has 4 heteroatoms. The minimum absolute atomic E-state index is 0.137. The van der Waals surface area contributed by atoms with Gasteiger partial charge in [0, 0.05) is 0 Å². The van der Waals surface area contributed by atoms with Crippen LogP contribution in [0.3, 0.4) is 0 Å². The van der Waals surface area contributed by atoms with Crippen LogP contribution < -0.4 is 0 Å². The third kappa shape index (κ3) is 4.87. The molecule has 0 fully saturated rings. The average Bonchev–Trinajstić information content (AvgIpc) is 2.11. The molecule has 12 heavy (non-hydrogen) atoms. The number of rotatable bonds is 5. The van der Waals surface area contributed by atoms with Gasteiger partial charge >= 0.3 is 0 Å². The zero-order valence-corrected chi connectivity index (χ0v) is 7.23. The summed E-state index contributed by atoms with van der Waals surface area (Å²) in [5.74, 6) is 0.394. The van der Waals surface area contributed by atoms with E-state index in [0.717, 1.165) is 0 Å². The maximum Gasteiger partial charge on any atom is 0.207 e. The van der Waals surface area contributed by atoms with Crippen molar-refractivity contribution < 1.29 is 14.9 Å². The first-order chi connectivity index (χ1) is 5.74. The molecule has 0 spiro atoms. The lowest BCUT2D eigenvalue weighted by atomic mass is 10.4. The molecule has 0 saturated carbocycles. The average molecular weight is 173 g/mol. The molecule has 0 aromatic heterocycles. The van der Waals surface area contributed by atoms with Crippen LogP contribution in [0.1, 0.15) is 6.92 Å². The van der Waals surface area contributed by atoms with E-state index in [9.17, 15) is 0 Å². The Bertz CT molecular complexity index is 156. The highest BCUT2D eigenvalue weighted by molar-refractivity contribution is 5.87. The van der Waals surface area contributed by atoms with Crippen molar-refractivity contribution in [1.29, 1.82) is 0 Å². The topological polar surface area (TPSA) is 62.1 Å². The Hall–Kier alpha value is -0.870. The van der Waals surface area contributed by atoms with Gasteiger partial charge < -0.3 is 14.9 Å². The van der Waals surface area contributed by atoms with Crippen molar-refractivity contribution in [2.45, 2.75) is 13.0 Å². The second-order valence-electron chi connectivity index (χ2n) is 2.15. The molecule has 0 saturated heterocycles. The molecule has 4 nitrogen and oxygen atoms in total. The Labute approximate surface area is 72.2 Å². The minimum atomic E-state index is -0.819. The van der Waals surface area contributed by atoms with Gasteiger partial charge in [-0.15, -0.1) is 0 Å². The first-order valence-corrected chi connectivity index (χ1v) is 3.83. The Balaban J connectivity index is 3.84. The van der Waals surface area contributed by atoms with Gasteiger partial charge in [0.1, 0.15) is 0 Å². The summed E-state index contributed by atoms with van der Waals surface area (Å²) in [6.45, 7) is 5.68. The highest BCUT2D eigenvalue weighted by atomic mass is 16.5. The molecule has 1 unspecified atom stereocenters. The Morgan fingerprint density at radius 3 is 2.83 bits per heavy atom. The minimum Gasteiger partial charge on any atom is -0.478 e. The van der Waals surface area contributed by atoms with E-state index in [1.807, 2.05) is 6.92 Å². The number of aliphatic hydroxyl groups is 2. The quantitative estimate of drug-likeness (QED) is 0.453. The van der Waals surface area contributed by atoms with E-state index >= 15 is 0 Å². The Morgan fingerprint density at radius 1 is 1.75 bits per heavy atom. The van der Waals surface area contributed by atoms with Crippen molar-refractivity contribution in [3.63, 3.8) is 0 Å². The van der Waals surface area contributed by atoms with Gasteiger partial charge in [0.05, 0.1) is 25.9 Å². The normalized spacial score (nSPS) is 14.1. The smallest absolute Gasteiger partial charge is 0.207 e. The number of hydrogen-bond acceptors (Lipinski definition) is 4. The largest absolute Gasteiger partial charge is 0.478 e. The molecule has 0 aliphatic rings. The fourth-order valence-electron chi connectivity index (χ4n) is 0.570. The van der Waals surface area contributed by atoms with Crippen LogP contribution in [0.25, 0.3) is 0 Å². The molecule has 0 aromatic carbocycles. The predicted octanol–water partition coefficient (Wildman–Crippen LogP) is -0.0394. The zero-order valence-electron chi connectivity index (χ0n) is 7.23. The SMILES string of the molecule is C=CC(=NCC(O)CO)OCC. The van der Waals surface area contributed by atoms with E-state index in [-0.39, 0.29) is 13.2 Å². The molecule has 0 radical (unpaired) electrons. The van der Waals surface area contributed by atoms with E-state index in [1.165, 1.54) is 6.08 Å². The summed E-state index contributed by atoms with van der Waals surface area (Å²) in [7, 11) is 0. The standard InChI is InChI=1S/C8H15NO3/c1-3-8(12-4-2)9-5-7(11)6-10/h3,7,10-11H,1,4-6H2,2H3. The van der Waals surface area contributed by atoms with Crippen LogP contribution in [0.5, 0.6) is 0 Å². The maximum absolute atomic E-state index is 8.92. The first-order valence-electron chi connectivity index (χ1n) is 3.83. The molecular weight excluding hydrogens is 158 g/mol. The van der Waals surface area contributed by atoms with Crippen molar-refractivity contribution in [2.75, 3.05) is 19.8 Å². The van der Waals surface area contributed by atoms with Crippen molar-refractivity contribution in [3.8, 4) is 0 Å². The lowest BCUT2D eigenvalue weighted by Crippen LogP contribution is -2.17. The van der Waals surface area contributed by atoms with Crippen LogP contribution in [0.15, 0.2) is 17.6 Å². The molecule has 0 aliphatic heterocycles. The molecule has 0 aliphatic carbocycles. The molecule has 0 rings (SSSR count). The first kappa shape index (κ1) is 11.1. The van der Waals surface area contributed by atoms with Gasteiger partial charge in [-0.3, -0.25) is 0 Å². The molecule has 0 amide bonds. The van der Waals surface area contributed by atoms with Crippen LogP contribution in [-0.4, -0.2) is 42.0 Å². The summed E-state index contributed by atoms with van der Waals surface area (Å²) < 4.78 is 5.03. The van der Waals surface area contributed by atoms with E-state index in [0.29, 0.717) is 12.5 Å². The van der Waals surface area contributed by atoms with Gasteiger partial charge in [0.15, 0.2) is 0 Å². The Kier molecular flexibility index (Phi) is 6.32. The summed E-state index contributed by atoms with van der Waals surface area (Å²) in [6.07, 6.45) is 0.647. The van der Waals surface area contributed by atoms with E-state index in [4.69, 9.17) is 14.9 Å². The fourth-order valence-corrected chi connectivity index (χ4v) is 0.570. The van der Waals surface area contributed by atoms with Crippen LogP contribution >= 0.6 is 0 Å². The molecular formula is C8H15NO3. The van der Waals surface area contributed by atoms with Crippen molar-refractivity contribution in [2.24, 2.45) is 4.99 Å². The van der Waals surface area contributed by atoms with Crippen molar-refractivity contribution in [3.05, 3.63) is 12.7 Å². The fraction of sp³-hybridized carbons (Fsp3) is 0.625. The number of ether oxygens (including phenoxy) is 1. The Morgan fingerprint density at radius 2 is 2.42 bits per heavy atom. The molecule has 0 bridgehead atoms. The molecule has 70 valence electrons. The van der Waals surface area contributed by atoms with Gasteiger partial charge in [-0.25, -0.2) is 4.99 Å². The van der Waals surface area contributed by atoms with Crippen LogP contribution in [-0.2, 0) is 4.74 Å². The third-order valence-corrected chi connectivity index (χ3v) is 1.14. The predicted molar refractivity (Wildman–Crippen MR) is 47.2 cm³/mol. The number of hydrogen-bond donors (Lipinski definition) is 2. The molecule has 0 heterocycles. The highest BCUT2D eigenvalue weighted by Crippen LogP contribution is 1.88. The summed E-state index contributed by atoms with van der Waals surface area (Å²) in [4.78, 5) is 3.87. The van der Waals surface area contributed by atoms with Crippen LogP contribution in [0.2, 0.25) is 0 Å². The third-order valence-electron chi connectivity index (χ3n) is 1.14. The second kappa shape index (κ2) is 6.82. The zero-order chi connectivity index (χ0) is 9.40. The van der Waals surface area contributed by atoms with E-state index in [2.05, 4.69) is 11.6 Å². The van der Waals surface area contributed by atoms with Crippen LogP contribution in [0, 0.1) is 0 Å². The number of aliphatic hydroxyl groups excluding tert-OH is 2. The molecule has 1 atom stereocenters. The summed E-state index contributed by atoms with van der Waals surface area (Å²) in [5, 5.41) is 17.4. The summed E-state index contributed by atoms with van der Waals surface area (Å²) in [6, 6.07) is 0. The lowest BCUT2D eigenvalue weighted by molar-refractivity contribution is 0.102.